The van der Waals surface area contributed by atoms with Crippen molar-refractivity contribution in [3.63, 3.8) is 0 Å². The summed E-state index contributed by atoms with van der Waals surface area (Å²) in [7, 11) is 0. The summed E-state index contributed by atoms with van der Waals surface area (Å²) in [6.07, 6.45) is 0. The summed E-state index contributed by atoms with van der Waals surface area (Å²) >= 11 is 0. The predicted molar refractivity (Wildman–Crippen MR) is 263 cm³/mol. The fraction of sp³-hybridized carbons (Fsp3) is 0.0645. The van der Waals surface area contributed by atoms with E-state index in [0.29, 0.717) is 0 Å². The lowest BCUT2D eigenvalue weighted by molar-refractivity contribution is 0.660. The van der Waals surface area contributed by atoms with E-state index in [1.165, 1.54) is 99.8 Å². The molecule has 10 aromatic carbocycles. The quantitative estimate of drug-likeness (QED) is 0.168. The van der Waals surface area contributed by atoms with Gasteiger partial charge < -0.3 is 4.90 Å². The van der Waals surface area contributed by atoms with Gasteiger partial charge in [-0.05, 0) is 136 Å². The molecule has 0 heterocycles. The van der Waals surface area contributed by atoms with Crippen LogP contribution in [0, 0.1) is 0 Å². The summed E-state index contributed by atoms with van der Waals surface area (Å²) in [6, 6.07) is 84.0. The van der Waals surface area contributed by atoms with E-state index in [4.69, 9.17) is 0 Å². The number of hydrogen-bond donors (Lipinski definition) is 0. The van der Waals surface area contributed by atoms with Gasteiger partial charge in [0.25, 0.3) is 0 Å². The third-order valence-corrected chi connectivity index (χ3v) is 14.5. The topological polar surface area (TPSA) is 3.24 Å². The third-order valence-electron chi connectivity index (χ3n) is 14.5. The maximum absolute atomic E-state index is 2.46. The van der Waals surface area contributed by atoms with E-state index in [-0.39, 0.29) is 5.41 Å². The zero-order chi connectivity index (χ0) is 41.9. The maximum atomic E-state index is 2.46. The van der Waals surface area contributed by atoms with E-state index in [2.05, 4.69) is 243 Å². The molecule has 296 valence electrons. The molecule has 1 nitrogen and oxygen atoms in total. The van der Waals surface area contributed by atoms with Gasteiger partial charge in [-0.2, -0.15) is 0 Å². The average Bonchev–Trinajstić information content (AvgIpc) is 3.91. The molecular weight excluding hydrogens is 759 g/mol. The molecule has 0 bridgehead atoms. The Morgan fingerprint density at radius 2 is 0.873 bits per heavy atom. The van der Waals surface area contributed by atoms with Crippen LogP contribution < -0.4 is 4.90 Å². The standard InChI is InChI=1S/C62H43N/c1-61(2)54-27-11-8-22-49(54)51-36-35-46(39-58(51)61)63(44-33-30-41(31-34-44)40-16-4-3-5-17-40)45-20-14-19-43(38-45)48-25-15-26-52-50-23-9-12-28-55(50)62(60(48)52)56-29-13-10-24-53(56)59-47-21-7-6-18-42(47)32-37-57(59)62/h3-39H,1-2H3. The molecule has 0 radical (unpaired) electrons. The average molecular weight is 802 g/mol. The SMILES string of the molecule is CC1(C)c2ccccc2-c2ccc(N(c3ccc(-c4ccccc4)cc3)c3cccc(-c4cccc5c4C4(c6ccccc6-5)c5ccccc5-c5c4ccc4ccccc54)c3)cc21. The number of anilines is 3. The summed E-state index contributed by atoms with van der Waals surface area (Å²) in [5.41, 5.74) is 23.7. The Morgan fingerprint density at radius 3 is 1.68 bits per heavy atom. The molecule has 1 unspecified atom stereocenters. The molecule has 1 heteroatoms. The van der Waals surface area contributed by atoms with Crippen molar-refractivity contribution in [3.8, 4) is 55.6 Å². The summed E-state index contributed by atoms with van der Waals surface area (Å²) in [5, 5.41) is 2.57. The largest absolute Gasteiger partial charge is 0.310 e. The number of nitrogens with zero attached hydrogens (tertiary/aromatic N) is 1. The fourth-order valence-electron chi connectivity index (χ4n) is 11.7. The second-order valence-corrected chi connectivity index (χ2v) is 18.0. The van der Waals surface area contributed by atoms with Crippen LogP contribution in [-0.4, -0.2) is 0 Å². The van der Waals surface area contributed by atoms with Crippen LogP contribution >= 0.6 is 0 Å². The van der Waals surface area contributed by atoms with Crippen LogP contribution in [0.2, 0.25) is 0 Å². The molecule has 1 atom stereocenters. The zero-order valence-corrected chi connectivity index (χ0v) is 35.3. The molecule has 10 aromatic rings. The van der Waals surface area contributed by atoms with Crippen molar-refractivity contribution in [2.45, 2.75) is 24.7 Å². The molecule has 3 aliphatic carbocycles. The van der Waals surface area contributed by atoms with Crippen LogP contribution in [0.3, 0.4) is 0 Å². The molecule has 0 aliphatic heterocycles. The van der Waals surface area contributed by atoms with Crippen molar-refractivity contribution in [1.82, 2.24) is 0 Å². The molecular formula is C62H43N. The lowest BCUT2D eigenvalue weighted by atomic mass is 9.68. The highest BCUT2D eigenvalue weighted by molar-refractivity contribution is 6.07. The smallest absolute Gasteiger partial charge is 0.0731 e. The second-order valence-electron chi connectivity index (χ2n) is 18.0. The first-order valence-electron chi connectivity index (χ1n) is 22.2. The number of fused-ring (bicyclic) bond motifs is 15. The van der Waals surface area contributed by atoms with Gasteiger partial charge >= 0.3 is 0 Å². The van der Waals surface area contributed by atoms with E-state index in [0.717, 1.165) is 17.1 Å². The highest BCUT2D eigenvalue weighted by Gasteiger charge is 2.53. The molecule has 0 saturated heterocycles. The summed E-state index contributed by atoms with van der Waals surface area (Å²) in [5.74, 6) is 0. The minimum atomic E-state index is -0.484. The first-order valence-corrected chi connectivity index (χ1v) is 22.2. The van der Waals surface area contributed by atoms with E-state index in [1.807, 2.05) is 0 Å². The van der Waals surface area contributed by atoms with Crippen molar-refractivity contribution >= 4 is 27.8 Å². The zero-order valence-electron chi connectivity index (χ0n) is 35.3. The maximum Gasteiger partial charge on any atom is 0.0731 e. The molecule has 0 fully saturated rings. The van der Waals surface area contributed by atoms with Crippen LogP contribution in [0.25, 0.3) is 66.4 Å². The van der Waals surface area contributed by atoms with Crippen LogP contribution in [0.1, 0.15) is 47.2 Å². The predicted octanol–water partition coefficient (Wildman–Crippen LogP) is 16.3. The fourth-order valence-corrected chi connectivity index (χ4v) is 11.7. The highest BCUT2D eigenvalue weighted by Crippen LogP contribution is 2.65. The lowest BCUT2D eigenvalue weighted by Crippen LogP contribution is -2.26. The first kappa shape index (κ1) is 36.0. The molecule has 0 saturated carbocycles. The van der Waals surface area contributed by atoms with E-state index in [1.54, 1.807) is 0 Å². The van der Waals surface area contributed by atoms with Crippen LogP contribution in [0.15, 0.2) is 224 Å². The van der Waals surface area contributed by atoms with Gasteiger partial charge in [-0.3, -0.25) is 0 Å². The monoisotopic (exact) mass is 801 g/mol. The van der Waals surface area contributed by atoms with Crippen molar-refractivity contribution in [2.24, 2.45) is 0 Å². The van der Waals surface area contributed by atoms with Crippen LogP contribution in [0.4, 0.5) is 17.1 Å². The highest BCUT2D eigenvalue weighted by atomic mass is 15.1. The van der Waals surface area contributed by atoms with Crippen LogP contribution in [0.5, 0.6) is 0 Å². The van der Waals surface area contributed by atoms with Gasteiger partial charge in [-0.1, -0.05) is 202 Å². The van der Waals surface area contributed by atoms with Gasteiger partial charge in [0.1, 0.15) is 0 Å². The lowest BCUT2D eigenvalue weighted by Gasteiger charge is -2.32. The minimum absolute atomic E-state index is 0.125. The summed E-state index contributed by atoms with van der Waals surface area (Å²) < 4.78 is 0. The van der Waals surface area contributed by atoms with Gasteiger partial charge in [0, 0.05) is 22.5 Å². The molecule has 1 spiro atoms. The van der Waals surface area contributed by atoms with Crippen molar-refractivity contribution in [2.75, 3.05) is 4.90 Å². The Hall–Kier alpha value is -7.74. The summed E-state index contributed by atoms with van der Waals surface area (Å²) in [4.78, 5) is 2.46. The van der Waals surface area contributed by atoms with Crippen molar-refractivity contribution in [3.05, 3.63) is 258 Å². The molecule has 0 N–H and O–H groups in total. The molecule has 0 amide bonds. The van der Waals surface area contributed by atoms with E-state index < -0.39 is 5.41 Å². The number of hydrogen-bond acceptors (Lipinski definition) is 1. The second kappa shape index (κ2) is 13.4. The van der Waals surface area contributed by atoms with E-state index in [9.17, 15) is 0 Å². The van der Waals surface area contributed by atoms with Gasteiger partial charge in [0.05, 0.1) is 5.41 Å². The number of benzene rings is 10. The van der Waals surface area contributed by atoms with E-state index >= 15 is 0 Å². The van der Waals surface area contributed by atoms with Crippen LogP contribution in [-0.2, 0) is 10.8 Å². The third kappa shape index (κ3) is 4.99. The van der Waals surface area contributed by atoms with Gasteiger partial charge in [-0.25, -0.2) is 0 Å². The minimum Gasteiger partial charge on any atom is -0.310 e. The first-order chi connectivity index (χ1) is 31.0. The van der Waals surface area contributed by atoms with Gasteiger partial charge in [0.2, 0.25) is 0 Å². The Bertz CT molecular complexity index is 3480. The Balaban J connectivity index is 1.03. The molecule has 0 aromatic heterocycles. The van der Waals surface area contributed by atoms with Gasteiger partial charge in [-0.15, -0.1) is 0 Å². The molecule has 13 rings (SSSR count). The Morgan fingerprint density at radius 1 is 0.317 bits per heavy atom. The normalized spacial score (nSPS) is 15.7. The van der Waals surface area contributed by atoms with Crippen molar-refractivity contribution in [1.29, 1.82) is 0 Å². The molecule has 3 aliphatic rings. The Kier molecular flexibility index (Phi) is 7.64. The van der Waals surface area contributed by atoms with Gasteiger partial charge in [0.15, 0.2) is 0 Å². The summed E-state index contributed by atoms with van der Waals surface area (Å²) in [6.45, 7) is 4.74. The Labute approximate surface area is 369 Å². The number of rotatable bonds is 5. The van der Waals surface area contributed by atoms with Crippen molar-refractivity contribution < 1.29 is 0 Å². The molecule has 63 heavy (non-hydrogen) atoms.